The second kappa shape index (κ2) is 6.91. The van der Waals surface area contributed by atoms with Gasteiger partial charge >= 0.3 is 0 Å². The predicted octanol–water partition coefficient (Wildman–Crippen LogP) is 1.34. The van der Waals surface area contributed by atoms with Crippen molar-refractivity contribution >= 4 is 5.91 Å². The molecule has 1 aliphatic rings. The van der Waals surface area contributed by atoms with Gasteiger partial charge in [-0.3, -0.25) is 4.79 Å². The number of aliphatic hydroxyl groups is 1. The van der Waals surface area contributed by atoms with Crippen molar-refractivity contribution in [2.24, 2.45) is 0 Å². The van der Waals surface area contributed by atoms with E-state index in [0.717, 1.165) is 11.3 Å². The molecule has 1 aromatic carbocycles. The zero-order chi connectivity index (χ0) is 15.3. The second-order valence-electron chi connectivity index (χ2n) is 5.60. The van der Waals surface area contributed by atoms with E-state index in [0.29, 0.717) is 19.6 Å². The number of carbonyl (C=O) groups excluding carboxylic acids is 1. The Hall–Kier alpha value is -1.59. The lowest BCUT2D eigenvalue weighted by molar-refractivity contribution is -0.122. The summed E-state index contributed by atoms with van der Waals surface area (Å²) in [5, 5.41) is 12.8. The van der Waals surface area contributed by atoms with Gasteiger partial charge in [0.25, 0.3) is 0 Å². The maximum Gasteiger partial charge on any atom is 0.223 e. The minimum absolute atomic E-state index is 0.124. The summed E-state index contributed by atoms with van der Waals surface area (Å²) in [6, 6.07) is 5.87. The molecular weight excluding hydrogens is 270 g/mol. The van der Waals surface area contributed by atoms with Gasteiger partial charge in [0.15, 0.2) is 0 Å². The van der Waals surface area contributed by atoms with Crippen molar-refractivity contribution < 1.29 is 19.4 Å². The molecule has 5 nitrogen and oxygen atoms in total. The number of hydrogen-bond acceptors (Lipinski definition) is 4. The zero-order valence-electron chi connectivity index (χ0n) is 12.6. The van der Waals surface area contributed by atoms with Crippen LogP contribution >= 0.6 is 0 Å². The summed E-state index contributed by atoms with van der Waals surface area (Å²) in [5.74, 6) is 0.686. The molecule has 0 bridgehead atoms. The average Bonchev–Trinajstić information content (AvgIpc) is 2.89. The molecule has 5 heteroatoms. The molecule has 0 aliphatic carbocycles. The first-order valence-corrected chi connectivity index (χ1v) is 7.26. The lowest BCUT2D eigenvalue weighted by Crippen LogP contribution is -2.43. The van der Waals surface area contributed by atoms with Gasteiger partial charge in [-0.15, -0.1) is 0 Å². The van der Waals surface area contributed by atoms with Crippen LogP contribution in [0.1, 0.15) is 24.0 Å². The smallest absolute Gasteiger partial charge is 0.223 e. The number of amides is 1. The summed E-state index contributed by atoms with van der Waals surface area (Å²) < 4.78 is 10.8. The number of carbonyl (C=O) groups is 1. The lowest BCUT2D eigenvalue weighted by atomic mass is 10.0. The highest BCUT2D eigenvalue weighted by Gasteiger charge is 2.32. The normalized spacial score (nSPS) is 21.3. The number of hydrogen-bond donors (Lipinski definition) is 2. The van der Waals surface area contributed by atoms with Gasteiger partial charge in [0.05, 0.1) is 19.6 Å². The SMILES string of the molecule is Cc1cccc(OCCC(=O)NCC2(O)CCOC2)c1C. The third kappa shape index (κ3) is 4.44. The maximum atomic E-state index is 11.7. The molecule has 21 heavy (non-hydrogen) atoms. The van der Waals surface area contributed by atoms with Crippen LogP contribution in [0.3, 0.4) is 0 Å². The topological polar surface area (TPSA) is 67.8 Å². The highest BCUT2D eigenvalue weighted by Crippen LogP contribution is 2.20. The van der Waals surface area contributed by atoms with Crippen molar-refractivity contribution in [3.63, 3.8) is 0 Å². The van der Waals surface area contributed by atoms with Crippen LogP contribution in [0.4, 0.5) is 0 Å². The quantitative estimate of drug-likeness (QED) is 0.830. The number of nitrogens with one attached hydrogen (secondary N) is 1. The summed E-state index contributed by atoms with van der Waals surface area (Å²) in [7, 11) is 0. The first-order chi connectivity index (χ1) is 10.0. The van der Waals surface area contributed by atoms with E-state index in [2.05, 4.69) is 5.32 Å². The van der Waals surface area contributed by atoms with Crippen LogP contribution in [-0.2, 0) is 9.53 Å². The van der Waals surface area contributed by atoms with Gasteiger partial charge < -0.3 is 19.9 Å². The van der Waals surface area contributed by atoms with Gasteiger partial charge in [0.2, 0.25) is 5.91 Å². The van der Waals surface area contributed by atoms with E-state index < -0.39 is 5.60 Å². The standard InChI is InChI=1S/C16H23NO4/c1-12-4-3-5-14(13(12)2)21-8-6-15(18)17-10-16(19)7-9-20-11-16/h3-5,19H,6-11H2,1-2H3,(H,17,18). The van der Waals surface area contributed by atoms with Crippen molar-refractivity contribution in [1.29, 1.82) is 0 Å². The van der Waals surface area contributed by atoms with E-state index in [1.165, 1.54) is 5.56 Å². The van der Waals surface area contributed by atoms with Gasteiger partial charge in [-0.2, -0.15) is 0 Å². The monoisotopic (exact) mass is 293 g/mol. The van der Waals surface area contributed by atoms with Crippen molar-refractivity contribution in [3.05, 3.63) is 29.3 Å². The molecule has 0 radical (unpaired) electrons. The van der Waals surface area contributed by atoms with Gasteiger partial charge in [-0.05, 0) is 31.0 Å². The van der Waals surface area contributed by atoms with E-state index in [-0.39, 0.29) is 25.5 Å². The van der Waals surface area contributed by atoms with E-state index in [1.54, 1.807) is 0 Å². The Labute approximate surface area is 125 Å². The van der Waals surface area contributed by atoms with E-state index >= 15 is 0 Å². The van der Waals surface area contributed by atoms with E-state index in [4.69, 9.17) is 9.47 Å². The van der Waals surface area contributed by atoms with Crippen LogP contribution in [0.25, 0.3) is 0 Å². The van der Waals surface area contributed by atoms with Gasteiger partial charge in [-0.1, -0.05) is 12.1 Å². The maximum absolute atomic E-state index is 11.7. The molecule has 116 valence electrons. The van der Waals surface area contributed by atoms with Crippen molar-refractivity contribution in [2.45, 2.75) is 32.3 Å². The fourth-order valence-electron chi connectivity index (χ4n) is 2.22. The molecule has 1 heterocycles. The first-order valence-electron chi connectivity index (χ1n) is 7.26. The minimum atomic E-state index is -0.913. The Morgan fingerprint density at radius 3 is 3.00 bits per heavy atom. The number of aryl methyl sites for hydroxylation is 1. The van der Waals surface area contributed by atoms with Crippen LogP contribution in [0.2, 0.25) is 0 Å². The average molecular weight is 293 g/mol. The van der Waals surface area contributed by atoms with Crippen LogP contribution in [0, 0.1) is 13.8 Å². The summed E-state index contributed by atoms with van der Waals surface area (Å²) in [5.41, 5.74) is 1.35. The molecule has 1 atom stereocenters. The number of benzene rings is 1. The highest BCUT2D eigenvalue weighted by atomic mass is 16.5. The van der Waals surface area contributed by atoms with Crippen LogP contribution in [0.15, 0.2) is 18.2 Å². The fourth-order valence-corrected chi connectivity index (χ4v) is 2.22. The largest absolute Gasteiger partial charge is 0.493 e. The summed E-state index contributed by atoms with van der Waals surface area (Å²) in [4.78, 5) is 11.7. The molecule has 2 rings (SSSR count). The lowest BCUT2D eigenvalue weighted by Gasteiger charge is -2.20. The molecule has 0 spiro atoms. The summed E-state index contributed by atoms with van der Waals surface area (Å²) in [6.45, 7) is 5.41. The number of ether oxygens (including phenoxy) is 2. The Morgan fingerprint density at radius 2 is 2.29 bits per heavy atom. The highest BCUT2D eigenvalue weighted by molar-refractivity contribution is 5.76. The van der Waals surface area contributed by atoms with E-state index in [1.807, 2.05) is 32.0 Å². The third-order valence-corrected chi connectivity index (χ3v) is 3.84. The molecule has 1 fully saturated rings. The molecule has 0 aromatic heterocycles. The van der Waals surface area contributed by atoms with E-state index in [9.17, 15) is 9.90 Å². The Balaban J connectivity index is 1.70. The van der Waals surface area contributed by atoms with Crippen molar-refractivity contribution in [2.75, 3.05) is 26.4 Å². The van der Waals surface area contributed by atoms with Crippen molar-refractivity contribution in [3.8, 4) is 5.75 Å². The Bertz CT molecular complexity index is 495. The second-order valence-corrected chi connectivity index (χ2v) is 5.60. The molecule has 1 aliphatic heterocycles. The Morgan fingerprint density at radius 1 is 1.48 bits per heavy atom. The predicted molar refractivity (Wildman–Crippen MR) is 79.4 cm³/mol. The van der Waals surface area contributed by atoms with Gasteiger partial charge in [0, 0.05) is 19.6 Å². The third-order valence-electron chi connectivity index (χ3n) is 3.84. The van der Waals surface area contributed by atoms with Gasteiger partial charge in [0.1, 0.15) is 11.4 Å². The molecule has 1 aromatic rings. The van der Waals surface area contributed by atoms with Crippen molar-refractivity contribution in [1.82, 2.24) is 5.32 Å². The summed E-state index contributed by atoms with van der Waals surface area (Å²) >= 11 is 0. The zero-order valence-corrected chi connectivity index (χ0v) is 12.6. The fraction of sp³-hybridized carbons (Fsp3) is 0.562. The van der Waals surface area contributed by atoms with Gasteiger partial charge in [-0.25, -0.2) is 0 Å². The molecule has 1 unspecified atom stereocenters. The molecule has 1 saturated heterocycles. The number of rotatable bonds is 6. The minimum Gasteiger partial charge on any atom is -0.493 e. The molecular formula is C16H23NO4. The van der Waals surface area contributed by atoms with Crippen LogP contribution in [-0.4, -0.2) is 43.0 Å². The van der Waals surface area contributed by atoms with Crippen LogP contribution in [0.5, 0.6) is 5.75 Å². The van der Waals surface area contributed by atoms with Crippen LogP contribution < -0.4 is 10.1 Å². The molecule has 2 N–H and O–H groups in total. The Kier molecular flexibility index (Phi) is 5.20. The molecule has 1 amide bonds. The molecule has 0 saturated carbocycles. The first kappa shape index (κ1) is 15.8. The summed E-state index contributed by atoms with van der Waals surface area (Å²) in [6.07, 6.45) is 0.830.